The summed E-state index contributed by atoms with van der Waals surface area (Å²) in [6, 6.07) is 16.5. The van der Waals surface area contributed by atoms with E-state index in [-0.39, 0.29) is 0 Å². The molecule has 1 fully saturated rings. The van der Waals surface area contributed by atoms with Crippen LogP contribution in [0.25, 0.3) is 11.3 Å². The molecule has 0 atom stereocenters. The number of furan rings is 1. The lowest BCUT2D eigenvalue weighted by Gasteiger charge is -2.23. The molecule has 1 aliphatic rings. The number of hydrogen-bond donors (Lipinski definition) is 2. The van der Waals surface area contributed by atoms with Gasteiger partial charge in [-0.25, -0.2) is 4.98 Å². The summed E-state index contributed by atoms with van der Waals surface area (Å²) in [5.41, 5.74) is 2.00. The number of anilines is 2. The molecule has 4 rings (SSSR count). The third kappa shape index (κ3) is 4.23. The van der Waals surface area contributed by atoms with E-state index in [1.807, 2.05) is 36.4 Å². The predicted octanol–water partition coefficient (Wildman–Crippen LogP) is 5.09. The van der Waals surface area contributed by atoms with Crippen LogP contribution in [0.5, 0.6) is 0 Å². The van der Waals surface area contributed by atoms with E-state index >= 15 is 0 Å². The SMILES string of the molecule is c1ccc(-c2cc(NCc3ccco3)nc(NC3CCCCC3)n2)cc1. The van der Waals surface area contributed by atoms with Gasteiger partial charge in [-0.15, -0.1) is 0 Å². The molecule has 1 aliphatic carbocycles. The smallest absolute Gasteiger partial charge is 0.225 e. The van der Waals surface area contributed by atoms with Crippen molar-refractivity contribution in [3.63, 3.8) is 0 Å². The quantitative estimate of drug-likeness (QED) is 0.649. The highest BCUT2D eigenvalue weighted by molar-refractivity contribution is 5.64. The Bertz CT molecular complexity index is 811. The number of hydrogen-bond acceptors (Lipinski definition) is 5. The molecule has 2 N–H and O–H groups in total. The van der Waals surface area contributed by atoms with Gasteiger partial charge in [0.05, 0.1) is 18.5 Å². The van der Waals surface area contributed by atoms with Crippen molar-refractivity contribution in [2.24, 2.45) is 0 Å². The van der Waals surface area contributed by atoms with Crippen molar-refractivity contribution < 1.29 is 4.42 Å². The third-order valence-corrected chi connectivity index (χ3v) is 4.76. The minimum atomic E-state index is 0.465. The van der Waals surface area contributed by atoms with Crippen LogP contribution in [-0.2, 0) is 6.54 Å². The summed E-state index contributed by atoms with van der Waals surface area (Å²) in [5.74, 6) is 2.38. The summed E-state index contributed by atoms with van der Waals surface area (Å²) < 4.78 is 5.40. The minimum Gasteiger partial charge on any atom is -0.467 e. The standard InChI is InChI=1S/C21H24N4O/c1-3-8-16(9-4-1)19-14-20(22-15-18-12-7-13-26-18)25-21(24-19)23-17-10-5-2-6-11-17/h1,3-4,7-9,12-14,17H,2,5-6,10-11,15H2,(H2,22,23,24,25). The number of nitrogens with one attached hydrogen (secondary N) is 2. The Balaban J connectivity index is 1.58. The maximum Gasteiger partial charge on any atom is 0.225 e. The maximum atomic E-state index is 5.40. The molecule has 5 nitrogen and oxygen atoms in total. The van der Waals surface area contributed by atoms with Gasteiger partial charge in [0.25, 0.3) is 0 Å². The van der Waals surface area contributed by atoms with Crippen LogP contribution in [0, 0.1) is 0 Å². The summed E-state index contributed by atoms with van der Waals surface area (Å²) >= 11 is 0. The van der Waals surface area contributed by atoms with Crippen LogP contribution in [0.1, 0.15) is 37.9 Å². The molecule has 0 saturated heterocycles. The summed E-state index contributed by atoms with van der Waals surface area (Å²) in [6.45, 7) is 0.598. The van der Waals surface area contributed by atoms with Crippen LogP contribution in [0.3, 0.4) is 0 Å². The molecule has 0 aliphatic heterocycles. The first-order chi connectivity index (χ1) is 12.9. The zero-order valence-corrected chi connectivity index (χ0v) is 14.8. The Morgan fingerprint density at radius 1 is 0.962 bits per heavy atom. The molecule has 0 amide bonds. The van der Waals surface area contributed by atoms with Gasteiger partial charge in [-0.05, 0) is 25.0 Å². The Labute approximate surface area is 153 Å². The second-order valence-corrected chi connectivity index (χ2v) is 6.74. The highest BCUT2D eigenvalue weighted by atomic mass is 16.3. The van der Waals surface area contributed by atoms with Crippen molar-refractivity contribution >= 4 is 11.8 Å². The first-order valence-corrected chi connectivity index (χ1v) is 9.34. The fourth-order valence-electron chi connectivity index (χ4n) is 3.38. The topological polar surface area (TPSA) is 63.0 Å². The molecule has 0 unspecified atom stereocenters. The van der Waals surface area contributed by atoms with Crippen molar-refractivity contribution in [3.05, 3.63) is 60.6 Å². The van der Waals surface area contributed by atoms with Gasteiger partial charge in [-0.3, -0.25) is 0 Å². The number of benzene rings is 1. The second kappa shape index (κ2) is 8.04. The molecule has 1 aromatic carbocycles. The first-order valence-electron chi connectivity index (χ1n) is 9.34. The molecule has 0 radical (unpaired) electrons. The lowest BCUT2D eigenvalue weighted by Crippen LogP contribution is -2.23. The maximum absolute atomic E-state index is 5.40. The van der Waals surface area contributed by atoms with Crippen molar-refractivity contribution in [1.82, 2.24) is 9.97 Å². The Hall–Kier alpha value is -2.82. The molecule has 0 bridgehead atoms. The van der Waals surface area contributed by atoms with E-state index in [2.05, 4.69) is 27.8 Å². The summed E-state index contributed by atoms with van der Waals surface area (Å²) in [5, 5.41) is 6.89. The van der Waals surface area contributed by atoms with Gasteiger partial charge in [-0.1, -0.05) is 49.6 Å². The molecule has 2 heterocycles. The summed E-state index contributed by atoms with van der Waals surface area (Å²) in [6.07, 6.45) is 7.95. The third-order valence-electron chi connectivity index (χ3n) is 4.76. The molecular formula is C21H24N4O. The van der Waals surface area contributed by atoms with Crippen LogP contribution in [0.2, 0.25) is 0 Å². The largest absolute Gasteiger partial charge is 0.467 e. The molecule has 5 heteroatoms. The zero-order chi connectivity index (χ0) is 17.6. The average Bonchev–Trinajstić information content (AvgIpc) is 3.21. The van der Waals surface area contributed by atoms with E-state index in [0.717, 1.165) is 22.8 Å². The lowest BCUT2D eigenvalue weighted by molar-refractivity contribution is 0.461. The predicted molar refractivity (Wildman–Crippen MR) is 104 cm³/mol. The zero-order valence-electron chi connectivity index (χ0n) is 14.8. The average molecular weight is 348 g/mol. The number of rotatable bonds is 6. The number of aromatic nitrogens is 2. The highest BCUT2D eigenvalue weighted by Gasteiger charge is 2.15. The molecule has 1 saturated carbocycles. The van der Waals surface area contributed by atoms with Gasteiger partial charge in [0.1, 0.15) is 11.6 Å². The van der Waals surface area contributed by atoms with E-state index in [0.29, 0.717) is 18.5 Å². The van der Waals surface area contributed by atoms with Gasteiger partial charge >= 0.3 is 0 Å². The molecular weight excluding hydrogens is 324 g/mol. The molecule has 134 valence electrons. The fourth-order valence-corrected chi connectivity index (χ4v) is 3.38. The van der Waals surface area contributed by atoms with Gasteiger partial charge in [0.15, 0.2) is 0 Å². The van der Waals surface area contributed by atoms with E-state index < -0.39 is 0 Å². The van der Waals surface area contributed by atoms with Gasteiger partial charge in [0.2, 0.25) is 5.95 Å². The van der Waals surface area contributed by atoms with E-state index in [4.69, 9.17) is 9.40 Å². The van der Waals surface area contributed by atoms with Gasteiger partial charge in [0, 0.05) is 17.7 Å². The Kier molecular flexibility index (Phi) is 5.14. The lowest BCUT2D eigenvalue weighted by atomic mass is 9.96. The fraction of sp³-hybridized carbons (Fsp3) is 0.333. The van der Waals surface area contributed by atoms with E-state index in [9.17, 15) is 0 Å². The second-order valence-electron chi connectivity index (χ2n) is 6.74. The molecule has 26 heavy (non-hydrogen) atoms. The summed E-state index contributed by atoms with van der Waals surface area (Å²) in [4.78, 5) is 9.43. The van der Waals surface area contributed by atoms with Crippen molar-refractivity contribution in [1.29, 1.82) is 0 Å². The monoisotopic (exact) mass is 348 g/mol. The van der Waals surface area contributed by atoms with Crippen molar-refractivity contribution in [2.45, 2.75) is 44.7 Å². The Morgan fingerprint density at radius 3 is 2.58 bits per heavy atom. The highest BCUT2D eigenvalue weighted by Crippen LogP contribution is 2.24. The van der Waals surface area contributed by atoms with E-state index in [1.54, 1.807) is 6.26 Å². The molecule has 0 spiro atoms. The van der Waals surface area contributed by atoms with Gasteiger partial charge in [-0.2, -0.15) is 4.98 Å². The van der Waals surface area contributed by atoms with Crippen LogP contribution in [-0.4, -0.2) is 16.0 Å². The van der Waals surface area contributed by atoms with Crippen LogP contribution >= 0.6 is 0 Å². The van der Waals surface area contributed by atoms with Crippen molar-refractivity contribution in [3.8, 4) is 11.3 Å². The molecule has 2 aromatic heterocycles. The normalized spacial score (nSPS) is 14.9. The molecule has 3 aromatic rings. The first kappa shape index (κ1) is 16.6. The van der Waals surface area contributed by atoms with Crippen LogP contribution in [0.15, 0.2) is 59.2 Å². The summed E-state index contributed by atoms with van der Waals surface area (Å²) in [7, 11) is 0. The van der Waals surface area contributed by atoms with E-state index in [1.165, 1.54) is 32.1 Å². The van der Waals surface area contributed by atoms with Gasteiger partial charge < -0.3 is 15.1 Å². The Morgan fingerprint density at radius 2 is 1.81 bits per heavy atom. The minimum absolute atomic E-state index is 0.465. The van der Waals surface area contributed by atoms with Crippen LogP contribution < -0.4 is 10.6 Å². The number of nitrogens with zero attached hydrogens (tertiary/aromatic N) is 2. The van der Waals surface area contributed by atoms with Crippen molar-refractivity contribution in [2.75, 3.05) is 10.6 Å². The van der Waals surface area contributed by atoms with Crippen LogP contribution in [0.4, 0.5) is 11.8 Å².